The molecule has 0 aliphatic rings. The van der Waals surface area contributed by atoms with E-state index in [0.717, 1.165) is 28.2 Å². The van der Waals surface area contributed by atoms with Crippen LogP contribution in [0.15, 0.2) is 47.0 Å². The van der Waals surface area contributed by atoms with Gasteiger partial charge in [0, 0.05) is 11.8 Å². The second-order valence-corrected chi connectivity index (χ2v) is 5.84. The molecule has 0 radical (unpaired) electrons. The van der Waals surface area contributed by atoms with E-state index in [-0.39, 0.29) is 0 Å². The number of fused-ring (bicyclic) bond motifs is 1. The van der Waals surface area contributed by atoms with E-state index in [9.17, 15) is 0 Å². The highest BCUT2D eigenvalue weighted by atomic mass is 35.5. The summed E-state index contributed by atoms with van der Waals surface area (Å²) in [5.74, 6) is 0.911. The molecular weight excluding hydrogens is 312 g/mol. The number of hydrogen-bond donors (Lipinski definition) is 0. The van der Waals surface area contributed by atoms with Gasteiger partial charge in [-0.15, -0.1) is 10.2 Å². The summed E-state index contributed by atoms with van der Waals surface area (Å²) >= 11 is 6.09. The van der Waals surface area contributed by atoms with E-state index in [1.807, 2.05) is 48.6 Å². The molecule has 0 atom stereocenters. The average Bonchev–Trinajstić information content (AvgIpc) is 3.10. The van der Waals surface area contributed by atoms with E-state index in [1.54, 1.807) is 12.3 Å². The molecule has 6 heteroatoms. The molecule has 3 heterocycles. The SMILES string of the molecule is Cc1cccc(-c2nnc(-c3c(C)nc4ccc(Cl)cn34)o2)c1. The number of hydrogen-bond acceptors (Lipinski definition) is 4. The van der Waals surface area contributed by atoms with Crippen LogP contribution in [-0.2, 0) is 0 Å². The number of aromatic nitrogens is 4. The van der Waals surface area contributed by atoms with Gasteiger partial charge in [-0.05, 0) is 38.1 Å². The third kappa shape index (κ3) is 2.39. The van der Waals surface area contributed by atoms with E-state index in [2.05, 4.69) is 15.2 Å². The predicted molar refractivity (Wildman–Crippen MR) is 88.4 cm³/mol. The van der Waals surface area contributed by atoms with E-state index < -0.39 is 0 Å². The Morgan fingerprint density at radius 3 is 2.70 bits per heavy atom. The lowest BCUT2D eigenvalue weighted by atomic mass is 10.1. The lowest BCUT2D eigenvalue weighted by Gasteiger charge is -1.99. The van der Waals surface area contributed by atoms with E-state index in [0.29, 0.717) is 16.8 Å². The van der Waals surface area contributed by atoms with Crippen molar-refractivity contribution in [1.82, 2.24) is 19.6 Å². The van der Waals surface area contributed by atoms with Gasteiger partial charge in [0.25, 0.3) is 5.89 Å². The first-order valence-corrected chi connectivity index (χ1v) is 7.55. The maximum Gasteiger partial charge on any atom is 0.266 e. The Labute approximate surface area is 137 Å². The predicted octanol–water partition coefficient (Wildman–Crippen LogP) is 4.32. The second kappa shape index (κ2) is 5.21. The number of aryl methyl sites for hydroxylation is 2. The zero-order chi connectivity index (χ0) is 16.0. The molecule has 5 nitrogen and oxygen atoms in total. The van der Waals surface area contributed by atoms with Crippen LogP contribution in [0.4, 0.5) is 0 Å². The Balaban J connectivity index is 1.86. The Kier molecular flexibility index (Phi) is 3.16. The number of halogens is 1. The standard InChI is InChI=1S/C17H13ClN4O/c1-10-4-3-5-12(8-10)16-20-21-17(23-16)15-11(2)19-14-7-6-13(18)9-22(14)15/h3-9H,1-2H3. The lowest BCUT2D eigenvalue weighted by Crippen LogP contribution is -1.89. The maximum absolute atomic E-state index is 6.09. The zero-order valence-corrected chi connectivity index (χ0v) is 13.4. The van der Waals surface area contributed by atoms with Crippen LogP contribution in [0.2, 0.25) is 5.02 Å². The molecule has 0 aliphatic heterocycles. The highest BCUT2D eigenvalue weighted by Crippen LogP contribution is 2.28. The van der Waals surface area contributed by atoms with Crippen molar-refractivity contribution in [2.45, 2.75) is 13.8 Å². The molecule has 0 bridgehead atoms. The van der Waals surface area contributed by atoms with Gasteiger partial charge >= 0.3 is 0 Å². The number of rotatable bonds is 2. The summed E-state index contributed by atoms with van der Waals surface area (Å²) < 4.78 is 7.74. The van der Waals surface area contributed by atoms with Gasteiger partial charge in [0.15, 0.2) is 0 Å². The van der Waals surface area contributed by atoms with Crippen LogP contribution in [0.5, 0.6) is 0 Å². The fraction of sp³-hybridized carbons (Fsp3) is 0.118. The summed E-state index contributed by atoms with van der Waals surface area (Å²) in [6.45, 7) is 3.93. The summed E-state index contributed by atoms with van der Waals surface area (Å²) in [5.41, 5.74) is 4.39. The van der Waals surface area contributed by atoms with Gasteiger partial charge in [0.1, 0.15) is 11.3 Å². The Hall–Kier alpha value is -2.66. The molecule has 0 spiro atoms. The quantitative estimate of drug-likeness (QED) is 0.551. The fourth-order valence-electron chi connectivity index (χ4n) is 2.61. The first-order valence-electron chi connectivity index (χ1n) is 7.17. The van der Waals surface area contributed by atoms with Crippen molar-refractivity contribution in [2.24, 2.45) is 0 Å². The fourth-order valence-corrected chi connectivity index (χ4v) is 2.77. The third-order valence-electron chi connectivity index (χ3n) is 3.65. The van der Waals surface area contributed by atoms with Crippen molar-refractivity contribution in [3.63, 3.8) is 0 Å². The van der Waals surface area contributed by atoms with Gasteiger partial charge in [-0.2, -0.15) is 0 Å². The van der Waals surface area contributed by atoms with Crippen LogP contribution in [0.3, 0.4) is 0 Å². The Morgan fingerprint density at radius 1 is 1.04 bits per heavy atom. The number of pyridine rings is 1. The van der Waals surface area contributed by atoms with Gasteiger partial charge in [-0.3, -0.25) is 4.40 Å². The topological polar surface area (TPSA) is 56.2 Å². The molecule has 4 rings (SSSR count). The van der Waals surface area contributed by atoms with Crippen LogP contribution in [0, 0.1) is 13.8 Å². The summed E-state index contributed by atoms with van der Waals surface area (Å²) in [6, 6.07) is 11.6. The lowest BCUT2D eigenvalue weighted by molar-refractivity contribution is 0.581. The third-order valence-corrected chi connectivity index (χ3v) is 3.87. The number of benzene rings is 1. The number of nitrogens with zero attached hydrogens (tertiary/aromatic N) is 4. The molecule has 0 N–H and O–H groups in total. The van der Waals surface area contributed by atoms with Crippen LogP contribution in [0.25, 0.3) is 28.7 Å². The van der Waals surface area contributed by atoms with Crippen molar-refractivity contribution in [3.8, 4) is 23.0 Å². The van der Waals surface area contributed by atoms with Gasteiger partial charge < -0.3 is 4.42 Å². The molecule has 114 valence electrons. The summed E-state index contributed by atoms with van der Waals surface area (Å²) in [4.78, 5) is 4.50. The van der Waals surface area contributed by atoms with Gasteiger partial charge in [0.05, 0.1) is 10.7 Å². The summed E-state index contributed by atoms with van der Waals surface area (Å²) in [5, 5.41) is 8.97. The van der Waals surface area contributed by atoms with Crippen LogP contribution in [0.1, 0.15) is 11.3 Å². The summed E-state index contributed by atoms with van der Waals surface area (Å²) in [7, 11) is 0. The number of imidazole rings is 1. The van der Waals surface area contributed by atoms with Gasteiger partial charge in [-0.25, -0.2) is 4.98 Å². The minimum absolute atomic E-state index is 0.425. The average molecular weight is 325 g/mol. The summed E-state index contributed by atoms with van der Waals surface area (Å²) in [6.07, 6.45) is 1.79. The molecule has 0 fully saturated rings. The van der Waals surface area contributed by atoms with Crippen molar-refractivity contribution < 1.29 is 4.42 Å². The van der Waals surface area contributed by atoms with E-state index >= 15 is 0 Å². The van der Waals surface area contributed by atoms with Crippen molar-refractivity contribution in [1.29, 1.82) is 0 Å². The van der Waals surface area contributed by atoms with Crippen LogP contribution in [-0.4, -0.2) is 19.6 Å². The highest BCUT2D eigenvalue weighted by Gasteiger charge is 2.18. The smallest absolute Gasteiger partial charge is 0.266 e. The Bertz CT molecular complexity index is 1020. The molecule has 4 aromatic rings. The van der Waals surface area contributed by atoms with Crippen LogP contribution < -0.4 is 0 Å². The highest BCUT2D eigenvalue weighted by molar-refractivity contribution is 6.30. The molecule has 0 amide bonds. The van der Waals surface area contributed by atoms with Crippen molar-refractivity contribution in [3.05, 3.63) is 58.9 Å². The molecule has 0 aliphatic carbocycles. The Morgan fingerprint density at radius 2 is 1.87 bits per heavy atom. The first-order chi connectivity index (χ1) is 11.1. The molecule has 1 aromatic carbocycles. The van der Waals surface area contributed by atoms with Crippen LogP contribution >= 0.6 is 11.6 Å². The molecule has 3 aromatic heterocycles. The minimum atomic E-state index is 0.425. The van der Waals surface area contributed by atoms with E-state index in [4.69, 9.17) is 16.0 Å². The van der Waals surface area contributed by atoms with Gasteiger partial charge in [-0.1, -0.05) is 29.3 Å². The molecule has 0 saturated heterocycles. The van der Waals surface area contributed by atoms with Crippen molar-refractivity contribution >= 4 is 17.2 Å². The minimum Gasteiger partial charge on any atom is -0.415 e. The monoisotopic (exact) mass is 324 g/mol. The molecule has 23 heavy (non-hydrogen) atoms. The molecular formula is C17H13ClN4O. The molecule has 0 saturated carbocycles. The second-order valence-electron chi connectivity index (χ2n) is 5.40. The molecule has 0 unspecified atom stereocenters. The maximum atomic E-state index is 6.09. The largest absolute Gasteiger partial charge is 0.415 e. The van der Waals surface area contributed by atoms with Crippen molar-refractivity contribution in [2.75, 3.05) is 0 Å². The zero-order valence-electron chi connectivity index (χ0n) is 12.6. The van der Waals surface area contributed by atoms with E-state index in [1.165, 1.54) is 0 Å². The normalized spacial score (nSPS) is 11.3. The van der Waals surface area contributed by atoms with Gasteiger partial charge in [0.2, 0.25) is 5.89 Å². The first kappa shape index (κ1) is 14.0.